The first-order valence-corrected chi connectivity index (χ1v) is 5.88. The van der Waals surface area contributed by atoms with Crippen LogP contribution in [-0.4, -0.2) is 16.5 Å². The number of aromatic nitrogens is 2. The van der Waals surface area contributed by atoms with Crippen LogP contribution in [0.15, 0.2) is 23.9 Å². The SMILES string of the molecule is FC(F)(F)c1ccnc(NCCC2=CCCC2)n1. The third-order valence-corrected chi connectivity index (χ3v) is 2.81. The Morgan fingerprint density at radius 2 is 2.17 bits per heavy atom. The van der Waals surface area contributed by atoms with Crippen molar-refractivity contribution in [3.05, 3.63) is 29.6 Å². The number of hydrogen-bond donors (Lipinski definition) is 1. The van der Waals surface area contributed by atoms with Crippen LogP contribution in [-0.2, 0) is 6.18 Å². The molecule has 0 fully saturated rings. The Hall–Kier alpha value is -1.59. The van der Waals surface area contributed by atoms with Crippen LogP contribution in [0.25, 0.3) is 0 Å². The van der Waals surface area contributed by atoms with E-state index in [2.05, 4.69) is 21.4 Å². The molecule has 0 saturated heterocycles. The van der Waals surface area contributed by atoms with E-state index in [1.165, 1.54) is 12.0 Å². The fraction of sp³-hybridized carbons (Fsp3) is 0.500. The summed E-state index contributed by atoms with van der Waals surface area (Å²) in [6.45, 7) is 0.563. The lowest BCUT2D eigenvalue weighted by Gasteiger charge is -2.08. The van der Waals surface area contributed by atoms with Gasteiger partial charge < -0.3 is 5.32 Å². The molecule has 1 aliphatic carbocycles. The summed E-state index contributed by atoms with van der Waals surface area (Å²) in [7, 11) is 0. The van der Waals surface area contributed by atoms with E-state index >= 15 is 0 Å². The first kappa shape index (κ1) is 12.9. The van der Waals surface area contributed by atoms with E-state index in [1.807, 2.05) is 0 Å². The molecule has 2 rings (SSSR count). The molecule has 0 aromatic carbocycles. The summed E-state index contributed by atoms with van der Waals surface area (Å²) < 4.78 is 37.2. The molecule has 0 aliphatic heterocycles. The average Bonchev–Trinajstić information content (AvgIpc) is 2.81. The minimum atomic E-state index is -4.42. The molecule has 1 N–H and O–H groups in total. The van der Waals surface area contributed by atoms with Crippen LogP contribution in [0.1, 0.15) is 31.4 Å². The van der Waals surface area contributed by atoms with Gasteiger partial charge >= 0.3 is 6.18 Å². The summed E-state index contributed by atoms with van der Waals surface area (Å²) in [6, 6.07) is 0.866. The topological polar surface area (TPSA) is 37.8 Å². The lowest BCUT2D eigenvalue weighted by molar-refractivity contribution is -0.141. The van der Waals surface area contributed by atoms with Crippen molar-refractivity contribution in [3.63, 3.8) is 0 Å². The van der Waals surface area contributed by atoms with Gasteiger partial charge in [-0.2, -0.15) is 13.2 Å². The molecule has 3 nitrogen and oxygen atoms in total. The second-order valence-corrected chi connectivity index (χ2v) is 4.19. The molecule has 6 heteroatoms. The number of hydrogen-bond acceptors (Lipinski definition) is 3. The zero-order valence-corrected chi connectivity index (χ0v) is 9.80. The van der Waals surface area contributed by atoms with Gasteiger partial charge in [0.2, 0.25) is 5.95 Å². The minimum absolute atomic E-state index is 0.0309. The van der Waals surface area contributed by atoms with Crippen LogP contribution < -0.4 is 5.32 Å². The minimum Gasteiger partial charge on any atom is -0.354 e. The van der Waals surface area contributed by atoms with Crippen molar-refractivity contribution in [1.82, 2.24) is 9.97 Å². The highest BCUT2D eigenvalue weighted by molar-refractivity contribution is 5.26. The lowest BCUT2D eigenvalue weighted by Crippen LogP contribution is -2.12. The molecular formula is C12H14F3N3. The Bertz CT molecular complexity index is 440. The molecule has 1 aliphatic rings. The maximum atomic E-state index is 12.4. The van der Waals surface area contributed by atoms with Crippen molar-refractivity contribution in [2.75, 3.05) is 11.9 Å². The Morgan fingerprint density at radius 1 is 1.33 bits per heavy atom. The van der Waals surface area contributed by atoms with Crippen LogP contribution in [0.2, 0.25) is 0 Å². The van der Waals surface area contributed by atoms with E-state index in [1.54, 1.807) is 0 Å². The third-order valence-electron chi connectivity index (χ3n) is 2.81. The highest BCUT2D eigenvalue weighted by atomic mass is 19.4. The fourth-order valence-electron chi connectivity index (χ4n) is 1.90. The molecule has 0 unspecified atom stereocenters. The quantitative estimate of drug-likeness (QED) is 0.840. The lowest BCUT2D eigenvalue weighted by atomic mass is 10.2. The summed E-state index contributed by atoms with van der Waals surface area (Å²) in [5.41, 5.74) is 0.439. The predicted molar refractivity (Wildman–Crippen MR) is 62.1 cm³/mol. The molecule has 0 amide bonds. The summed E-state index contributed by atoms with van der Waals surface area (Å²) >= 11 is 0. The van der Waals surface area contributed by atoms with Gasteiger partial charge in [0.15, 0.2) is 0 Å². The molecule has 0 radical (unpaired) electrons. The highest BCUT2D eigenvalue weighted by Crippen LogP contribution is 2.27. The van der Waals surface area contributed by atoms with Crippen molar-refractivity contribution in [1.29, 1.82) is 0 Å². The first-order chi connectivity index (χ1) is 8.55. The standard InChI is InChI=1S/C12H14F3N3/c13-12(14,15)10-6-8-17-11(18-10)16-7-5-9-3-1-2-4-9/h3,6,8H,1-2,4-5,7H2,(H,16,17,18). The summed E-state index contributed by atoms with van der Waals surface area (Å²) in [6.07, 6.45) is 3.09. The normalized spacial score (nSPS) is 15.6. The van der Waals surface area contributed by atoms with E-state index in [4.69, 9.17) is 0 Å². The molecule has 1 heterocycles. The third kappa shape index (κ3) is 3.45. The van der Waals surface area contributed by atoms with Gasteiger partial charge in [0.25, 0.3) is 0 Å². The van der Waals surface area contributed by atoms with Crippen LogP contribution in [0.4, 0.5) is 19.1 Å². The van der Waals surface area contributed by atoms with Gasteiger partial charge in [-0.3, -0.25) is 0 Å². The number of nitrogens with zero attached hydrogens (tertiary/aromatic N) is 2. The summed E-state index contributed by atoms with van der Waals surface area (Å²) in [4.78, 5) is 7.22. The van der Waals surface area contributed by atoms with Crippen molar-refractivity contribution < 1.29 is 13.2 Å². The van der Waals surface area contributed by atoms with Gasteiger partial charge in [0.05, 0.1) is 0 Å². The van der Waals surface area contributed by atoms with E-state index in [-0.39, 0.29) is 5.95 Å². The second-order valence-electron chi connectivity index (χ2n) is 4.19. The Kier molecular flexibility index (Phi) is 3.84. The molecule has 0 bridgehead atoms. The van der Waals surface area contributed by atoms with E-state index in [9.17, 15) is 13.2 Å². The Morgan fingerprint density at radius 3 is 2.83 bits per heavy atom. The first-order valence-electron chi connectivity index (χ1n) is 5.88. The van der Waals surface area contributed by atoms with Crippen LogP contribution in [0, 0.1) is 0 Å². The maximum absolute atomic E-state index is 12.4. The van der Waals surface area contributed by atoms with Crippen molar-refractivity contribution in [3.8, 4) is 0 Å². The molecule has 0 atom stereocenters. The van der Waals surface area contributed by atoms with E-state index in [0.29, 0.717) is 6.54 Å². The predicted octanol–water partition coefficient (Wildman–Crippen LogP) is 3.41. The van der Waals surface area contributed by atoms with E-state index < -0.39 is 11.9 Å². The maximum Gasteiger partial charge on any atom is 0.433 e. The van der Waals surface area contributed by atoms with Gasteiger partial charge in [0, 0.05) is 12.7 Å². The summed E-state index contributed by atoms with van der Waals surface area (Å²) in [5.74, 6) is 0.0309. The smallest absolute Gasteiger partial charge is 0.354 e. The number of alkyl halides is 3. The van der Waals surface area contributed by atoms with Crippen molar-refractivity contribution >= 4 is 5.95 Å². The molecule has 98 valence electrons. The van der Waals surface area contributed by atoms with Gasteiger partial charge in [-0.1, -0.05) is 11.6 Å². The van der Waals surface area contributed by atoms with Crippen LogP contribution >= 0.6 is 0 Å². The number of anilines is 1. The fourth-order valence-corrected chi connectivity index (χ4v) is 1.90. The Labute approximate surface area is 103 Å². The van der Waals surface area contributed by atoms with Gasteiger partial charge in [-0.25, -0.2) is 9.97 Å². The Balaban J connectivity index is 1.89. The molecular weight excluding hydrogens is 243 g/mol. The molecule has 18 heavy (non-hydrogen) atoms. The zero-order valence-electron chi connectivity index (χ0n) is 9.80. The highest BCUT2D eigenvalue weighted by Gasteiger charge is 2.32. The van der Waals surface area contributed by atoms with Crippen molar-refractivity contribution in [2.24, 2.45) is 0 Å². The number of nitrogens with one attached hydrogen (secondary N) is 1. The monoisotopic (exact) mass is 257 g/mol. The zero-order chi connectivity index (χ0) is 13.0. The van der Waals surface area contributed by atoms with E-state index in [0.717, 1.165) is 31.5 Å². The molecule has 1 aromatic rings. The molecule has 0 saturated carbocycles. The summed E-state index contributed by atoms with van der Waals surface area (Å²) in [5, 5.41) is 2.82. The van der Waals surface area contributed by atoms with Gasteiger partial charge in [-0.05, 0) is 31.7 Å². The average molecular weight is 257 g/mol. The largest absolute Gasteiger partial charge is 0.433 e. The number of rotatable bonds is 4. The second kappa shape index (κ2) is 5.37. The van der Waals surface area contributed by atoms with Gasteiger partial charge in [-0.15, -0.1) is 0 Å². The van der Waals surface area contributed by atoms with Crippen LogP contribution in [0.5, 0.6) is 0 Å². The number of halogens is 3. The van der Waals surface area contributed by atoms with Gasteiger partial charge in [0.1, 0.15) is 5.69 Å². The molecule has 0 spiro atoms. The molecule has 1 aromatic heterocycles. The number of allylic oxidation sites excluding steroid dienone is 1. The van der Waals surface area contributed by atoms with Crippen molar-refractivity contribution in [2.45, 2.75) is 31.9 Å². The van der Waals surface area contributed by atoms with Crippen LogP contribution in [0.3, 0.4) is 0 Å².